The number of rotatable bonds is 2. The number of carbonyl (C=O) groups is 1. The van der Waals surface area contributed by atoms with Crippen LogP contribution < -0.4 is 0 Å². The van der Waals surface area contributed by atoms with E-state index in [1.54, 1.807) is 0 Å². The third-order valence-electron chi connectivity index (χ3n) is 1.68. The third kappa shape index (κ3) is 2.49. The Bertz CT molecular complexity index is 473. The molecule has 0 amide bonds. The molecule has 1 rings (SSSR count). The second-order valence-corrected chi connectivity index (χ2v) is 2.78. The molecule has 1 aromatic heterocycles. The van der Waals surface area contributed by atoms with Gasteiger partial charge in [0.25, 0.3) is 0 Å². The van der Waals surface area contributed by atoms with E-state index in [0.717, 1.165) is 12.1 Å². The molecule has 0 unspecified atom stereocenters. The summed E-state index contributed by atoms with van der Waals surface area (Å²) in [5.74, 6) is -1.36. The van der Waals surface area contributed by atoms with Crippen LogP contribution in [0.15, 0.2) is 24.4 Å². The van der Waals surface area contributed by atoms with Gasteiger partial charge >= 0.3 is 12.1 Å². The molecule has 0 aliphatic heterocycles. The number of pyridine rings is 1. The lowest BCUT2D eigenvalue weighted by atomic mass is 10.1. The summed E-state index contributed by atoms with van der Waals surface area (Å²) >= 11 is 0. The van der Waals surface area contributed by atoms with Gasteiger partial charge in [-0.25, -0.2) is 9.78 Å². The predicted octanol–water partition coefficient (Wildman–Crippen LogP) is 2.60. The number of halogens is 3. The van der Waals surface area contributed by atoms with Crippen molar-refractivity contribution in [2.75, 3.05) is 0 Å². The van der Waals surface area contributed by atoms with E-state index in [9.17, 15) is 18.0 Å². The van der Waals surface area contributed by atoms with Gasteiger partial charge < -0.3 is 5.11 Å². The van der Waals surface area contributed by atoms with Gasteiger partial charge in [-0.3, -0.25) is 0 Å². The number of nitrogens with zero attached hydrogens (tertiary/aromatic N) is 1. The van der Waals surface area contributed by atoms with E-state index < -0.39 is 17.8 Å². The fourth-order valence-electron chi connectivity index (χ4n) is 1.02. The topological polar surface area (TPSA) is 50.2 Å². The fourth-order valence-corrected chi connectivity index (χ4v) is 1.02. The lowest BCUT2D eigenvalue weighted by Crippen LogP contribution is -2.11. The normalized spacial score (nSPS) is 10.7. The van der Waals surface area contributed by atoms with Crippen LogP contribution in [0.5, 0.6) is 0 Å². The standard InChI is InChI=1S/C10H6F3NO2/c1-2-3-7-6(9(15)16)4-5-8(14-7)10(11,12)13/h3-5H,1H2,(H,15,16). The molecule has 0 aliphatic rings. The molecular formula is C10H6F3NO2. The van der Waals surface area contributed by atoms with Gasteiger partial charge in [0.05, 0.1) is 11.3 Å². The zero-order chi connectivity index (χ0) is 12.3. The first-order valence-electron chi connectivity index (χ1n) is 4.03. The van der Waals surface area contributed by atoms with Crippen molar-refractivity contribution < 1.29 is 23.1 Å². The second-order valence-electron chi connectivity index (χ2n) is 2.78. The smallest absolute Gasteiger partial charge is 0.433 e. The first-order valence-corrected chi connectivity index (χ1v) is 4.03. The van der Waals surface area contributed by atoms with Gasteiger partial charge in [-0.2, -0.15) is 13.2 Å². The Morgan fingerprint density at radius 1 is 1.50 bits per heavy atom. The van der Waals surface area contributed by atoms with Crippen LogP contribution in [-0.4, -0.2) is 16.1 Å². The zero-order valence-corrected chi connectivity index (χ0v) is 7.88. The Hall–Kier alpha value is -2.07. The highest BCUT2D eigenvalue weighted by molar-refractivity contribution is 5.91. The summed E-state index contributed by atoms with van der Waals surface area (Å²) in [5, 5.41) is 8.70. The van der Waals surface area contributed by atoms with Crippen molar-refractivity contribution in [1.82, 2.24) is 4.98 Å². The lowest BCUT2D eigenvalue weighted by molar-refractivity contribution is -0.141. The Morgan fingerprint density at radius 2 is 2.12 bits per heavy atom. The third-order valence-corrected chi connectivity index (χ3v) is 1.68. The molecule has 6 heteroatoms. The molecule has 0 fully saturated rings. The van der Waals surface area contributed by atoms with Crippen molar-refractivity contribution in [2.24, 2.45) is 0 Å². The van der Waals surface area contributed by atoms with E-state index in [1.807, 2.05) is 0 Å². The molecule has 1 N–H and O–H groups in total. The van der Waals surface area contributed by atoms with Crippen LogP contribution in [0, 0.1) is 0 Å². The average molecular weight is 229 g/mol. The summed E-state index contributed by atoms with van der Waals surface area (Å²) in [4.78, 5) is 13.9. The summed E-state index contributed by atoms with van der Waals surface area (Å²) < 4.78 is 36.8. The van der Waals surface area contributed by atoms with Crippen LogP contribution in [0.25, 0.3) is 6.08 Å². The quantitative estimate of drug-likeness (QED) is 0.793. The monoisotopic (exact) mass is 229 g/mol. The Labute approximate surface area is 88.5 Å². The summed E-state index contributed by atoms with van der Waals surface area (Å²) in [6.07, 6.45) is -3.63. The maximum atomic E-state index is 12.3. The lowest BCUT2D eigenvalue weighted by Gasteiger charge is -2.07. The Kier molecular flexibility index (Phi) is 3.15. The predicted molar refractivity (Wildman–Crippen MR) is 49.8 cm³/mol. The van der Waals surface area contributed by atoms with Gasteiger partial charge in [0.1, 0.15) is 5.69 Å². The highest BCUT2D eigenvalue weighted by Gasteiger charge is 2.33. The maximum absolute atomic E-state index is 12.3. The van der Waals surface area contributed by atoms with Gasteiger partial charge in [0.15, 0.2) is 0 Å². The van der Waals surface area contributed by atoms with Crippen LogP contribution in [0.4, 0.5) is 13.2 Å². The van der Waals surface area contributed by atoms with Crippen LogP contribution in [0.3, 0.4) is 0 Å². The number of aromatic carboxylic acids is 1. The minimum atomic E-state index is -4.61. The molecule has 0 atom stereocenters. The molecule has 0 bridgehead atoms. The number of carboxylic acid groups (broad SMARTS) is 1. The van der Waals surface area contributed by atoms with Crippen LogP contribution in [0.2, 0.25) is 0 Å². The molecule has 1 heterocycles. The molecule has 16 heavy (non-hydrogen) atoms. The van der Waals surface area contributed by atoms with Crippen molar-refractivity contribution in [3.05, 3.63) is 41.4 Å². The number of carboxylic acids is 1. The Morgan fingerprint density at radius 3 is 2.56 bits per heavy atom. The van der Waals surface area contributed by atoms with E-state index >= 15 is 0 Å². The minimum absolute atomic E-state index is 0.322. The van der Waals surface area contributed by atoms with Gasteiger partial charge in [-0.1, -0.05) is 6.58 Å². The summed E-state index contributed by atoms with van der Waals surface area (Å²) in [6, 6.07) is 1.46. The molecule has 1 aromatic rings. The van der Waals surface area contributed by atoms with Crippen molar-refractivity contribution in [3.8, 4) is 0 Å². The molecule has 0 aromatic carbocycles. The second kappa shape index (κ2) is 4.20. The summed E-state index contributed by atoms with van der Waals surface area (Å²) in [7, 11) is 0. The van der Waals surface area contributed by atoms with Gasteiger partial charge in [-0.05, 0) is 12.1 Å². The largest absolute Gasteiger partial charge is 0.478 e. The zero-order valence-electron chi connectivity index (χ0n) is 7.88. The van der Waals surface area contributed by atoms with Crippen molar-refractivity contribution in [2.45, 2.75) is 6.18 Å². The molecule has 0 saturated carbocycles. The van der Waals surface area contributed by atoms with E-state index in [4.69, 9.17) is 5.11 Å². The first-order chi connectivity index (χ1) is 7.36. The molecule has 84 valence electrons. The van der Waals surface area contributed by atoms with Crippen LogP contribution >= 0.6 is 0 Å². The number of hydrogen-bond donors (Lipinski definition) is 1. The van der Waals surface area contributed by atoms with Crippen molar-refractivity contribution in [3.63, 3.8) is 0 Å². The molecule has 0 radical (unpaired) electrons. The minimum Gasteiger partial charge on any atom is -0.478 e. The van der Waals surface area contributed by atoms with Gasteiger partial charge in [0.2, 0.25) is 0 Å². The molecule has 3 nitrogen and oxygen atoms in total. The highest BCUT2D eigenvalue weighted by atomic mass is 19.4. The fraction of sp³-hybridized carbons (Fsp3) is 0.100. The summed E-state index contributed by atoms with van der Waals surface area (Å²) in [6.45, 7) is 3.15. The molecular weight excluding hydrogens is 223 g/mol. The SMILES string of the molecule is C=C=Cc1nc(C(F)(F)F)ccc1C(=O)O. The first kappa shape index (κ1) is 12.0. The number of alkyl halides is 3. The van der Waals surface area contributed by atoms with Crippen LogP contribution in [0.1, 0.15) is 21.7 Å². The maximum Gasteiger partial charge on any atom is 0.433 e. The number of aromatic nitrogens is 1. The van der Waals surface area contributed by atoms with Crippen molar-refractivity contribution in [1.29, 1.82) is 0 Å². The average Bonchev–Trinajstić information content (AvgIpc) is 2.16. The van der Waals surface area contributed by atoms with E-state index in [2.05, 4.69) is 17.3 Å². The summed E-state index contributed by atoms with van der Waals surface area (Å²) in [5.41, 5.74) is 0.385. The highest BCUT2D eigenvalue weighted by Crippen LogP contribution is 2.28. The van der Waals surface area contributed by atoms with E-state index in [-0.39, 0.29) is 11.3 Å². The van der Waals surface area contributed by atoms with E-state index in [1.165, 1.54) is 0 Å². The molecule has 0 spiro atoms. The van der Waals surface area contributed by atoms with Crippen LogP contribution in [-0.2, 0) is 6.18 Å². The Balaban J connectivity index is 3.39. The molecule has 0 saturated heterocycles. The van der Waals surface area contributed by atoms with Gasteiger partial charge in [-0.15, -0.1) is 5.73 Å². The van der Waals surface area contributed by atoms with Crippen molar-refractivity contribution >= 4 is 12.0 Å². The number of hydrogen-bond acceptors (Lipinski definition) is 2. The molecule has 0 aliphatic carbocycles. The van der Waals surface area contributed by atoms with Gasteiger partial charge in [0, 0.05) is 6.08 Å². The van der Waals surface area contributed by atoms with E-state index in [0.29, 0.717) is 6.07 Å².